The zero-order valence-electron chi connectivity index (χ0n) is 16.0. The lowest BCUT2D eigenvalue weighted by atomic mass is 9.87. The Morgan fingerprint density at radius 1 is 0.929 bits per heavy atom. The van der Waals surface area contributed by atoms with E-state index in [0.717, 1.165) is 16.9 Å². The van der Waals surface area contributed by atoms with Crippen LogP contribution in [-0.4, -0.2) is 19.2 Å². The van der Waals surface area contributed by atoms with Crippen LogP contribution in [0.3, 0.4) is 0 Å². The van der Waals surface area contributed by atoms with Gasteiger partial charge in [-0.05, 0) is 47.4 Å². The summed E-state index contributed by atoms with van der Waals surface area (Å²) in [5.41, 5.74) is 4.09. The number of hydrogen-bond donors (Lipinski definition) is 1. The van der Waals surface area contributed by atoms with Crippen molar-refractivity contribution >= 4 is 21.5 Å². The number of sulfonamides is 1. The molecule has 1 aliphatic rings. The van der Waals surface area contributed by atoms with Crippen LogP contribution in [0.5, 0.6) is 0 Å². The van der Waals surface area contributed by atoms with Crippen molar-refractivity contribution in [3.05, 3.63) is 78.0 Å². The normalized spacial score (nSPS) is 15.0. The van der Waals surface area contributed by atoms with Crippen molar-refractivity contribution in [2.75, 3.05) is 5.32 Å². The van der Waals surface area contributed by atoms with E-state index >= 15 is 0 Å². The summed E-state index contributed by atoms with van der Waals surface area (Å²) in [5, 5.41) is 3.15. The molecule has 1 aromatic heterocycles. The fraction of sp³-hybridized carbons (Fsp3) is 0.182. The first kappa shape index (κ1) is 18.4. The van der Waals surface area contributed by atoms with Crippen molar-refractivity contribution in [2.45, 2.75) is 31.1 Å². The molecular weight excluding hydrogens is 370 g/mol. The van der Waals surface area contributed by atoms with Crippen molar-refractivity contribution in [3.63, 3.8) is 0 Å². The predicted octanol–water partition coefficient (Wildman–Crippen LogP) is 4.61. The molecular formula is C22H21N3O2S. The van der Waals surface area contributed by atoms with Gasteiger partial charge in [0.1, 0.15) is 4.90 Å². The molecule has 6 heteroatoms. The van der Waals surface area contributed by atoms with E-state index in [4.69, 9.17) is 0 Å². The summed E-state index contributed by atoms with van der Waals surface area (Å²) in [6, 6.07) is 18.8. The molecule has 1 aliphatic heterocycles. The molecule has 28 heavy (non-hydrogen) atoms. The second kappa shape index (κ2) is 6.56. The average Bonchev–Trinajstić information content (AvgIpc) is 2.92. The van der Waals surface area contributed by atoms with Crippen LogP contribution in [0.25, 0.3) is 11.3 Å². The van der Waals surface area contributed by atoms with Gasteiger partial charge in [-0.15, -0.1) is 4.40 Å². The van der Waals surface area contributed by atoms with E-state index in [2.05, 4.69) is 35.5 Å². The van der Waals surface area contributed by atoms with Crippen molar-refractivity contribution in [1.29, 1.82) is 0 Å². The number of nitrogens with zero attached hydrogens (tertiary/aromatic N) is 2. The molecule has 142 valence electrons. The molecule has 0 saturated carbocycles. The number of nitrogens with one attached hydrogen (secondary N) is 1. The van der Waals surface area contributed by atoms with E-state index in [0.29, 0.717) is 11.4 Å². The maximum absolute atomic E-state index is 12.6. The van der Waals surface area contributed by atoms with Crippen molar-refractivity contribution in [2.24, 2.45) is 4.40 Å². The third-order valence-corrected chi connectivity index (χ3v) is 6.02. The van der Waals surface area contributed by atoms with Crippen LogP contribution in [0.15, 0.2) is 76.2 Å². The molecule has 0 saturated heterocycles. The first-order valence-corrected chi connectivity index (χ1v) is 10.5. The molecule has 2 heterocycles. The fourth-order valence-corrected chi connectivity index (χ4v) is 4.32. The largest absolute Gasteiger partial charge is 0.339 e. The van der Waals surface area contributed by atoms with Crippen molar-refractivity contribution in [3.8, 4) is 11.3 Å². The topological polar surface area (TPSA) is 71.4 Å². The molecule has 0 spiro atoms. The van der Waals surface area contributed by atoms with Crippen LogP contribution >= 0.6 is 0 Å². The van der Waals surface area contributed by atoms with Gasteiger partial charge in [0.05, 0.1) is 5.69 Å². The van der Waals surface area contributed by atoms with E-state index in [1.54, 1.807) is 18.3 Å². The number of anilines is 1. The zero-order chi connectivity index (χ0) is 19.9. The Labute approximate surface area is 165 Å². The van der Waals surface area contributed by atoms with Crippen LogP contribution in [0.2, 0.25) is 0 Å². The lowest BCUT2D eigenvalue weighted by Gasteiger charge is -2.19. The second-order valence-electron chi connectivity index (χ2n) is 7.79. The van der Waals surface area contributed by atoms with Gasteiger partial charge in [-0.25, -0.2) is 0 Å². The third kappa shape index (κ3) is 3.43. The average molecular weight is 391 g/mol. The van der Waals surface area contributed by atoms with E-state index in [9.17, 15) is 8.42 Å². The van der Waals surface area contributed by atoms with E-state index < -0.39 is 10.0 Å². The number of amidine groups is 1. The molecule has 0 unspecified atom stereocenters. The number of benzene rings is 2. The van der Waals surface area contributed by atoms with Crippen LogP contribution in [0.1, 0.15) is 31.9 Å². The van der Waals surface area contributed by atoms with E-state index in [1.165, 1.54) is 5.56 Å². The molecule has 1 N–H and O–H groups in total. The Balaban J connectivity index is 1.67. The minimum atomic E-state index is -3.74. The Morgan fingerprint density at radius 2 is 1.68 bits per heavy atom. The number of pyridine rings is 1. The minimum Gasteiger partial charge on any atom is -0.339 e. The van der Waals surface area contributed by atoms with Crippen molar-refractivity contribution in [1.82, 2.24) is 4.98 Å². The highest BCUT2D eigenvalue weighted by atomic mass is 32.2. The quantitative estimate of drug-likeness (QED) is 0.693. The maximum Gasteiger partial charge on any atom is 0.285 e. The Kier molecular flexibility index (Phi) is 4.31. The molecule has 0 radical (unpaired) electrons. The third-order valence-electron chi connectivity index (χ3n) is 4.70. The maximum atomic E-state index is 12.6. The van der Waals surface area contributed by atoms with Gasteiger partial charge in [0.15, 0.2) is 5.84 Å². The first-order valence-electron chi connectivity index (χ1n) is 9.02. The minimum absolute atomic E-state index is 0.0568. The van der Waals surface area contributed by atoms with E-state index in [-0.39, 0.29) is 10.3 Å². The van der Waals surface area contributed by atoms with Gasteiger partial charge >= 0.3 is 0 Å². The summed E-state index contributed by atoms with van der Waals surface area (Å²) in [7, 11) is -3.74. The molecule has 3 aromatic rings. The molecule has 5 nitrogen and oxygen atoms in total. The van der Waals surface area contributed by atoms with E-state index in [1.807, 2.05) is 48.5 Å². The molecule has 2 aromatic carbocycles. The standard InChI is InChI=1S/C22H21N3O2S/c1-22(2,3)16-8-10-17(11-9-16)24-21-18-12-7-15(19-6-4-5-13-23-19)14-20(18)28(26,27)25-21/h4-14H,1-3H3,(H,24,25). The van der Waals surface area contributed by atoms with Crippen LogP contribution in [0, 0.1) is 0 Å². The van der Waals surface area contributed by atoms with Crippen molar-refractivity contribution < 1.29 is 8.42 Å². The summed E-state index contributed by atoms with van der Waals surface area (Å²) in [6.07, 6.45) is 1.68. The first-order chi connectivity index (χ1) is 13.2. The van der Waals surface area contributed by atoms with Gasteiger partial charge in [-0.3, -0.25) is 4.98 Å². The monoisotopic (exact) mass is 391 g/mol. The highest BCUT2D eigenvalue weighted by Crippen LogP contribution is 2.31. The second-order valence-corrected chi connectivity index (χ2v) is 9.37. The van der Waals surface area contributed by atoms with Gasteiger partial charge in [-0.2, -0.15) is 8.42 Å². The predicted molar refractivity (Wildman–Crippen MR) is 112 cm³/mol. The zero-order valence-corrected chi connectivity index (χ0v) is 16.8. The summed E-state index contributed by atoms with van der Waals surface area (Å²) >= 11 is 0. The Bertz CT molecular complexity index is 1160. The lowest BCUT2D eigenvalue weighted by molar-refractivity contribution is 0.590. The number of fused-ring (bicyclic) bond motifs is 1. The number of hydrogen-bond acceptors (Lipinski definition) is 4. The number of aromatic nitrogens is 1. The molecule has 0 atom stereocenters. The molecule has 0 aliphatic carbocycles. The molecule has 4 rings (SSSR count). The number of rotatable bonds is 2. The molecule has 0 fully saturated rings. The Hall–Kier alpha value is -2.99. The highest BCUT2D eigenvalue weighted by molar-refractivity contribution is 7.90. The van der Waals surface area contributed by atoms with Gasteiger partial charge < -0.3 is 5.32 Å². The van der Waals surface area contributed by atoms with Crippen LogP contribution < -0.4 is 5.32 Å². The fourth-order valence-electron chi connectivity index (χ4n) is 3.12. The summed E-state index contributed by atoms with van der Waals surface area (Å²) < 4.78 is 29.1. The summed E-state index contributed by atoms with van der Waals surface area (Å²) in [6.45, 7) is 6.45. The molecule has 0 bridgehead atoms. The van der Waals surface area contributed by atoms with Gasteiger partial charge in [-0.1, -0.05) is 45.0 Å². The summed E-state index contributed by atoms with van der Waals surface area (Å²) in [5.74, 6) is 0.339. The van der Waals surface area contributed by atoms with Crippen LogP contribution in [0.4, 0.5) is 5.69 Å². The van der Waals surface area contributed by atoms with Gasteiger partial charge in [0.25, 0.3) is 10.0 Å². The SMILES string of the molecule is CC(C)(C)c1ccc(NC2=NS(=O)(=O)c3cc(-c4ccccn4)ccc32)cc1. The Morgan fingerprint density at radius 3 is 2.32 bits per heavy atom. The smallest absolute Gasteiger partial charge is 0.285 e. The summed E-state index contributed by atoms with van der Waals surface area (Å²) in [4.78, 5) is 4.49. The van der Waals surface area contributed by atoms with Gasteiger partial charge in [0, 0.05) is 23.0 Å². The van der Waals surface area contributed by atoms with Gasteiger partial charge in [0.2, 0.25) is 0 Å². The molecule has 0 amide bonds. The lowest BCUT2D eigenvalue weighted by Crippen LogP contribution is -2.13. The highest BCUT2D eigenvalue weighted by Gasteiger charge is 2.29. The van der Waals surface area contributed by atoms with Crippen LogP contribution in [-0.2, 0) is 15.4 Å².